The second kappa shape index (κ2) is 16.4. The first-order chi connectivity index (χ1) is 14.0. The fraction of sp³-hybridized carbons (Fsp3) is 0.810. The molecule has 6 nitrogen and oxygen atoms in total. The predicted molar refractivity (Wildman–Crippen MR) is 125 cm³/mol. The van der Waals surface area contributed by atoms with Crippen molar-refractivity contribution in [2.45, 2.75) is 59.2 Å². The zero-order chi connectivity index (χ0) is 22.2. The maximum Gasteiger partial charge on any atom is 0.505 e. The van der Waals surface area contributed by atoms with Crippen LogP contribution in [0.25, 0.3) is 0 Å². The summed E-state index contributed by atoms with van der Waals surface area (Å²) in [4.78, 5) is 2.32. The fourth-order valence-electron chi connectivity index (χ4n) is 3.69. The lowest BCUT2D eigenvalue weighted by atomic mass is 10.4. The summed E-state index contributed by atoms with van der Waals surface area (Å²) in [5.74, 6) is 0. The van der Waals surface area contributed by atoms with Crippen LogP contribution in [-0.4, -0.2) is 74.9 Å². The molecule has 0 fully saturated rings. The molecule has 0 saturated heterocycles. The van der Waals surface area contributed by atoms with Gasteiger partial charge in [-0.15, -0.1) is 13.2 Å². The summed E-state index contributed by atoms with van der Waals surface area (Å²) < 4.78 is 31.5. The number of rotatable bonds is 20. The van der Waals surface area contributed by atoms with Gasteiger partial charge >= 0.3 is 17.4 Å². The van der Waals surface area contributed by atoms with Crippen LogP contribution < -0.4 is 0 Å². The van der Waals surface area contributed by atoms with Crippen molar-refractivity contribution in [3.63, 3.8) is 0 Å². The highest BCUT2D eigenvalue weighted by Crippen LogP contribution is 2.39. The normalized spacial score (nSPS) is 13.6. The van der Waals surface area contributed by atoms with Crippen LogP contribution in [0.5, 0.6) is 0 Å². The van der Waals surface area contributed by atoms with Gasteiger partial charge in [0.15, 0.2) is 0 Å². The maximum atomic E-state index is 6.43. The van der Waals surface area contributed by atoms with E-state index >= 15 is 0 Å². The van der Waals surface area contributed by atoms with Crippen molar-refractivity contribution in [3.05, 3.63) is 25.3 Å². The van der Waals surface area contributed by atoms with Crippen LogP contribution in [-0.2, 0) is 22.1 Å². The first kappa shape index (κ1) is 28.7. The minimum Gasteiger partial charge on any atom is -0.394 e. The second-order valence-corrected chi connectivity index (χ2v) is 13.8. The summed E-state index contributed by atoms with van der Waals surface area (Å²) in [6.45, 7) is 25.4. The Hall–Kier alpha value is -0.326. The summed E-state index contributed by atoms with van der Waals surface area (Å²) in [6.07, 6.45) is 4.82. The predicted octanol–water partition coefficient (Wildman–Crippen LogP) is 4.54. The Morgan fingerprint density at radius 1 is 0.759 bits per heavy atom. The summed E-state index contributed by atoms with van der Waals surface area (Å²) in [6, 6.07) is 0.864. The van der Waals surface area contributed by atoms with Crippen LogP contribution in [0.2, 0.25) is 11.2 Å². The van der Waals surface area contributed by atoms with E-state index in [1.807, 2.05) is 46.8 Å². The molecule has 0 aliphatic rings. The van der Waals surface area contributed by atoms with Crippen LogP contribution >= 0.6 is 0 Å². The van der Waals surface area contributed by atoms with E-state index in [0.29, 0.717) is 33.0 Å². The Kier molecular flexibility index (Phi) is 16.2. The lowest BCUT2D eigenvalue weighted by molar-refractivity contribution is 0.0607. The largest absolute Gasteiger partial charge is 0.505 e. The standard InChI is InChI=1S/C21H45NO5Si2/c1-9-17-22(18-10-2)19-16-20-28(23-11-3,24-12-4)21(8)29(25-13-5,26-14-6)27-15-7/h9-10,21H,1-2,11-20H2,3-8H3. The monoisotopic (exact) mass is 447 g/mol. The average Bonchev–Trinajstić information content (AvgIpc) is 2.68. The second-order valence-electron chi connectivity index (χ2n) is 6.74. The van der Waals surface area contributed by atoms with Crippen molar-refractivity contribution in [1.82, 2.24) is 4.90 Å². The lowest BCUT2D eigenvalue weighted by Gasteiger charge is -2.42. The third kappa shape index (κ3) is 9.14. The van der Waals surface area contributed by atoms with Gasteiger partial charge in [0.25, 0.3) is 0 Å². The molecule has 0 aromatic rings. The van der Waals surface area contributed by atoms with Crippen molar-refractivity contribution in [2.75, 3.05) is 52.7 Å². The molecule has 8 heteroatoms. The van der Waals surface area contributed by atoms with Crippen LogP contribution in [0, 0.1) is 0 Å². The van der Waals surface area contributed by atoms with E-state index in [-0.39, 0.29) is 5.16 Å². The van der Waals surface area contributed by atoms with E-state index in [0.717, 1.165) is 32.1 Å². The highest BCUT2D eigenvalue weighted by Gasteiger charge is 2.60. The van der Waals surface area contributed by atoms with E-state index in [1.54, 1.807) is 0 Å². The molecular weight excluding hydrogens is 402 g/mol. The topological polar surface area (TPSA) is 49.4 Å². The zero-order valence-corrected chi connectivity index (χ0v) is 21.7. The van der Waals surface area contributed by atoms with E-state index in [1.165, 1.54) is 0 Å². The van der Waals surface area contributed by atoms with E-state index in [2.05, 4.69) is 25.0 Å². The van der Waals surface area contributed by atoms with E-state index < -0.39 is 17.4 Å². The van der Waals surface area contributed by atoms with Gasteiger partial charge in [0.05, 0.1) is 5.16 Å². The average molecular weight is 448 g/mol. The summed E-state index contributed by atoms with van der Waals surface area (Å²) in [5.41, 5.74) is 0. The third-order valence-electron chi connectivity index (χ3n) is 4.78. The van der Waals surface area contributed by atoms with Crippen LogP contribution in [0.1, 0.15) is 48.0 Å². The molecule has 0 radical (unpaired) electrons. The summed E-state index contributed by atoms with van der Waals surface area (Å²) >= 11 is 0. The van der Waals surface area contributed by atoms with Crippen LogP contribution in [0.3, 0.4) is 0 Å². The first-order valence-corrected chi connectivity index (χ1v) is 15.0. The van der Waals surface area contributed by atoms with Crippen molar-refractivity contribution < 1.29 is 22.1 Å². The number of nitrogens with zero attached hydrogens (tertiary/aromatic N) is 1. The quantitative estimate of drug-likeness (QED) is 0.202. The smallest absolute Gasteiger partial charge is 0.394 e. The molecular formula is C21H45NO5Si2. The Labute approximate surface area is 181 Å². The number of hydrogen-bond acceptors (Lipinski definition) is 6. The molecule has 0 aliphatic carbocycles. The molecule has 0 aromatic heterocycles. The third-order valence-corrected chi connectivity index (χ3v) is 14.2. The minimum absolute atomic E-state index is 0.0259. The summed E-state index contributed by atoms with van der Waals surface area (Å²) in [7, 11) is -5.60. The highest BCUT2D eigenvalue weighted by molar-refractivity contribution is 6.85. The zero-order valence-electron chi connectivity index (χ0n) is 19.7. The van der Waals surface area contributed by atoms with Crippen molar-refractivity contribution in [3.8, 4) is 0 Å². The van der Waals surface area contributed by atoms with Crippen LogP contribution in [0.4, 0.5) is 0 Å². The molecule has 0 spiro atoms. The molecule has 0 amide bonds. The SMILES string of the molecule is C=CCN(CC=C)CCC[Si](OCC)(OCC)C(C)[Si](OCC)(OCC)OCC. The van der Waals surface area contributed by atoms with Gasteiger partial charge in [-0.1, -0.05) is 19.1 Å². The van der Waals surface area contributed by atoms with Gasteiger partial charge in [-0.2, -0.15) is 0 Å². The Balaban J connectivity index is 5.70. The van der Waals surface area contributed by atoms with Gasteiger partial charge in [-0.25, -0.2) is 0 Å². The van der Waals surface area contributed by atoms with E-state index in [9.17, 15) is 0 Å². The summed E-state index contributed by atoms with van der Waals surface area (Å²) in [5, 5.41) is -0.0259. The Bertz CT molecular complexity index is 406. The van der Waals surface area contributed by atoms with Gasteiger partial charge in [0.2, 0.25) is 0 Å². The molecule has 0 aliphatic heterocycles. The molecule has 1 unspecified atom stereocenters. The first-order valence-electron chi connectivity index (χ1n) is 11.1. The molecule has 0 rings (SSSR count). The van der Waals surface area contributed by atoms with Crippen molar-refractivity contribution >= 4 is 17.4 Å². The van der Waals surface area contributed by atoms with Crippen LogP contribution in [0.15, 0.2) is 25.3 Å². The molecule has 29 heavy (non-hydrogen) atoms. The fourth-order valence-corrected chi connectivity index (χ4v) is 12.7. The Morgan fingerprint density at radius 2 is 1.17 bits per heavy atom. The van der Waals surface area contributed by atoms with Crippen molar-refractivity contribution in [1.29, 1.82) is 0 Å². The molecule has 0 saturated carbocycles. The maximum absolute atomic E-state index is 6.43. The molecule has 0 bridgehead atoms. The van der Waals surface area contributed by atoms with Crippen molar-refractivity contribution in [2.24, 2.45) is 0 Å². The molecule has 0 N–H and O–H groups in total. The van der Waals surface area contributed by atoms with Gasteiger partial charge in [0, 0.05) is 46.1 Å². The number of hydrogen-bond donors (Lipinski definition) is 0. The highest BCUT2D eigenvalue weighted by atomic mass is 28.4. The Morgan fingerprint density at radius 3 is 1.52 bits per heavy atom. The van der Waals surface area contributed by atoms with Gasteiger partial charge in [0.1, 0.15) is 0 Å². The molecule has 172 valence electrons. The van der Waals surface area contributed by atoms with Gasteiger partial charge in [-0.05, 0) is 53.6 Å². The molecule has 1 atom stereocenters. The lowest BCUT2D eigenvalue weighted by Crippen LogP contribution is -2.62. The molecule has 0 heterocycles. The molecule has 0 aromatic carbocycles. The van der Waals surface area contributed by atoms with E-state index in [4.69, 9.17) is 22.1 Å². The minimum atomic E-state index is -2.95. The van der Waals surface area contributed by atoms with Gasteiger partial charge < -0.3 is 22.1 Å². The van der Waals surface area contributed by atoms with Gasteiger partial charge in [-0.3, -0.25) is 4.90 Å².